The summed E-state index contributed by atoms with van der Waals surface area (Å²) in [5, 5.41) is 17.3. The second kappa shape index (κ2) is 14.1. The number of nitrogens with one attached hydrogen (secondary N) is 3. The van der Waals surface area contributed by atoms with E-state index in [9.17, 15) is 33.1 Å². The molecule has 0 saturated carbocycles. The monoisotopic (exact) mass is 615 g/mol. The summed E-state index contributed by atoms with van der Waals surface area (Å²) >= 11 is 0. The van der Waals surface area contributed by atoms with Crippen molar-refractivity contribution < 1.29 is 42.5 Å². The molecule has 0 radical (unpaired) electrons. The molecule has 1 aromatic heterocycles. The van der Waals surface area contributed by atoms with Crippen LogP contribution in [0.2, 0.25) is 0 Å². The number of alkyl carbamates (subject to hydrolysis) is 1. The highest BCUT2D eigenvalue weighted by molar-refractivity contribution is 5.98. The van der Waals surface area contributed by atoms with Crippen molar-refractivity contribution in [1.82, 2.24) is 20.2 Å². The molecule has 4 N–H and O–H groups in total. The number of carbonyl (C=O) groups is 4. The fourth-order valence-corrected chi connectivity index (χ4v) is 3.91. The molecule has 0 aliphatic carbocycles. The minimum absolute atomic E-state index is 0.114. The number of carbonyl (C=O) groups excluding carboxylic acids is 3. The van der Waals surface area contributed by atoms with Gasteiger partial charge >= 0.3 is 12.1 Å². The molecule has 0 saturated heterocycles. The summed E-state index contributed by atoms with van der Waals surface area (Å²) in [4.78, 5) is 54.8. The lowest BCUT2D eigenvalue weighted by Gasteiger charge is -2.29. The predicted molar refractivity (Wildman–Crippen MR) is 154 cm³/mol. The molecule has 3 rings (SSSR count). The number of carboxylic acid groups (broad SMARTS) is 1. The van der Waals surface area contributed by atoms with E-state index in [1.54, 1.807) is 20.8 Å². The van der Waals surface area contributed by atoms with E-state index in [2.05, 4.69) is 20.9 Å². The maximum Gasteiger partial charge on any atom is 0.408 e. The molecule has 0 aliphatic heterocycles. The zero-order valence-corrected chi connectivity index (χ0v) is 24.9. The molecule has 0 fully saturated rings. The summed E-state index contributed by atoms with van der Waals surface area (Å²) < 4.78 is 39.7. The number of aromatic nitrogens is 2. The first-order valence-electron chi connectivity index (χ1n) is 13.5. The molecule has 0 spiro atoms. The van der Waals surface area contributed by atoms with E-state index in [0.717, 1.165) is 34.8 Å². The maximum absolute atomic E-state index is 14.4. The van der Waals surface area contributed by atoms with Crippen LogP contribution in [0.4, 0.5) is 19.4 Å². The van der Waals surface area contributed by atoms with Crippen molar-refractivity contribution in [3.63, 3.8) is 0 Å². The number of rotatable bonds is 12. The van der Waals surface area contributed by atoms with Crippen LogP contribution in [0.15, 0.2) is 61.1 Å². The van der Waals surface area contributed by atoms with Gasteiger partial charge in [0.1, 0.15) is 28.8 Å². The molecule has 12 nitrogen and oxygen atoms in total. The molecule has 1 heterocycles. The second-order valence-corrected chi connectivity index (χ2v) is 11.4. The van der Waals surface area contributed by atoms with Gasteiger partial charge in [-0.1, -0.05) is 36.4 Å². The zero-order valence-electron chi connectivity index (χ0n) is 24.9. The van der Waals surface area contributed by atoms with E-state index in [-0.39, 0.29) is 24.6 Å². The van der Waals surface area contributed by atoms with Gasteiger partial charge in [0.05, 0.1) is 19.5 Å². The average Bonchev–Trinajstić information content (AvgIpc) is 3.36. The molecule has 3 aromatic rings. The smallest absolute Gasteiger partial charge is 0.408 e. The molecule has 2 atom stereocenters. The van der Waals surface area contributed by atoms with Crippen molar-refractivity contribution >= 4 is 29.7 Å². The highest BCUT2D eigenvalue weighted by atomic mass is 19.1. The number of amides is 3. The topological polar surface area (TPSA) is 161 Å². The molecule has 236 valence electrons. The molecule has 2 aromatic carbocycles. The first kappa shape index (κ1) is 33.6. The first-order valence-corrected chi connectivity index (χ1v) is 13.5. The van der Waals surface area contributed by atoms with Crippen molar-refractivity contribution in [2.24, 2.45) is 0 Å². The van der Waals surface area contributed by atoms with E-state index < -0.39 is 58.7 Å². The highest BCUT2D eigenvalue weighted by Crippen LogP contribution is 2.24. The molecule has 3 amide bonds. The number of imidazole rings is 1. The summed E-state index contributed by atoms with van der Waals surface area (Å²) in [6, 6.07) is 8.68. The largest absolute Gasteiger partial charge is 0.479 e. The predicted octanol–water partition coefficient (Wildman–Crippen LogP) is 3.78. The summed E-state index contributed by atoms with van der Waals surface area (Å²) in [6.07, 6.45) is 1.37. The van der Waals surface area contributed by atoms with Crippen LogP contribution in [-0.4, -0.2) is 62.3 Å². The lowest BCUT2D eigenvalue weighted by Crippen LogP contribution is -2.59. The van der Waals surface area contributed by atoms with Crippen molar-refractivity contribution in [3.05, 3.63) is 83.8 Å². The van der Waals surface area contributed by atoms with Crippen LogP contribution in [0.25, 0.3) is 0 Å². The maximum atomic E-state index is 14.4. The Kier molecular flexibility index (Phi) is 10.8. The van der Waals surface area contributed by atoms with Gasteiger partial charge in [-0.3, -0.25) is 9.59 Å². The van der Waals surface area contributed by atoms with Gasteiger partial charge < -0.3 is 35.1 Å². The van der Waals surface area contributed by atoms with Gasteiger partial charge in [-0.25, -0.2) is 23.4 Å². The van der Waals surface area contributed by atoms with Crippen LogP contribution in [0.3, 0.4) is 0 Å². The van der Waals surface area contributed by atoms with Gasteiger partial charge in [-0.2, -0.15) is 0 Å². The number of anilines is 1. The lowest BCUT2D eigenvalue weighted by molar-refractivity contribution is -0.139. The van der Waals surface area contributed by atoms with Crippen LogP contribution in [0.1, 0.15) is 51.8 Å². The van der Waals surface area contributed by atoms with Gasteiger partial charge in [0.2, 0.25) is 5.91 Å². The van der Waals surface area contributed by atoms with Crippen LogP contribution in [0.5, 0.6) is 0 Å². The third-order valence-electron chi connectivity index (χ3n) is 6.04. The Morgan fingerprint density at radius 1 is 1.02 bits per heavy atom. The van der Waals surface area contributed by atoms with E-state index in [1.165, 1.54) is 13.8 Å². The summed E-state index contributed by atoms with van der Waals surface area (Å²) in [5.41, 5.74) is -1.82. The Labute approximate surface area is 252 Å². The van der Waals surface area contributed by atoms with E-state index in [1.807, 2.05) is 30.3 Å². The van der Waals surface area contributed by atoms with Crippen molar-refractivity contribution in [2.75, 3.05) is 11.9 Å². The number of aliphatic carboxylic acids is 1. The third-order valence-corrected chi connectivity index (χ3v) is 6.04. The van der Waals surface area contributed by atoms with E-state index >= 15 is 0 Å². The van der Waals surface area contributed by atoms with Gasteiger partial charge in [-0.05, 0) is 46.2 Å². The highest BCUT2D eigenvalue weighted by Gasteiger charge is 2.35. The van der Waals surface area contributed by atoms with Gasteiger partial charge in [0.15, 0.2) is 11.9 Å². The minimum atomic E-state index is -1.61. The fourth-order valence-electron chi connectivity index (χ4n) is 3.91. The number of carboxylic acids is 1. The van der Waals surface area contributed by atoms with E-state index in [0.29, 0.717) is 6.07 Å². The molecular weight excluding hydrogens is 580 g/mol. The Morgan fingerprint density at radius 3 is 2.32 bits per heavy atom. The SMILES string of the molecule is CC(C)(C)OC(=O)NC(C)(C)C(=O)N[C@H](COCc1ccccc1)C(=O)Nc1cn(C(C(=O)O)c2ccc(F)cc2F)cn1. The fraction of sp³-hybridized carbons (Fsp3) is 0.367. The molecule has 44 heavy (non-hydrogen) atoms. The van der Waals surface area contributed by atoms with Gasteiger partial charge in [0.25, 0.3) is 5.91 Å². The van der Waals surface area contributed by atoms with Gasteiger partial charge in [0, 0.05) is 17.8 Å². The molecule has 14 heteroatoms. The Morgan fingerprint density at radius 2 is 1.70 bits per heavy atom. The van der Waals surface area contributed by atoms with Crippen LogP contribution < -0.4 is 16.0 Å². The normalized spacial score (nSPS) is 13.0. The minimum Gasteiger partial charge on any atom is -0.479 e. The van der Waals surface area contributed by atoms with Crippen molar-refractivity contribution in [1.29, 1.82) is 0 Å². The summed E-state index contributed by atoms with van der Waals surface area (Å²) in [7, 11) is 0. The number of halogens is 2. The lowest BCUT2D eigenvalue weighted by atomic mass is 10.0. The Balaban J connectivity index is 1.78. The second-order valence-electron chi connectivity index (χ2n) is 11.4. The summed E-state index contributed by atoms with van der Waals surface area (Å²) in [6.45, 7) is 7.69. The molecular formula is C30H35F2N5O7. The average molecular weight is 616 g/mol. The number of nitrogens with zero attached hydrogens (tertiary/aromatic N) is 2. The van der Waals surface area contributed by atoms with Crippen LogP contribution in [0, 0.1) is 11.6 Å². The quantitative estimate of drug-likeness (QED) is 0.239. The third kappa shape index (κ3) is 9.59. The van der Waals surface area contributed by atoms with E-state index in [4.69, 9.17) is 9.47 Å². The van der Waals surface area contributed by atoms with Crippen LogP contribution in [-0.2, 0) is 30.5 Å². The molecule has 0 bridgehead atoms. The molecule has 1 unspecified atom stereocenters. The summed E-state index contributed by atoms with van der Waals surface area (Å²) in [5.74, 6) is -5.01. The number of hydrogen-bond acceptors (Lipinski definition) is 7. The van der Waals surface area contributed by atoms with Crippen molar-refractivity contribution in [2.45, 2.75) is 64.4 Å². The Hall–Kier alpha value is -4.85. The van der Waals surface area contributed by atoms with Crippen LogP contribution >= 0.6 is 0 Å². The first-order chi connectivity index (χ1) is 20.6. The molecule has 0 aliphatic rings. The number of hydrogen-bond donors (Lipinski definition) is 4. The number of benzene rings is 2. The zero-order chi connectivity index (χ0) is 32.7. The van der Waals surface area contributed by atoms with Gasteiger partial charge in [-0.15, -0.1) is 0 Å². The van der Waals surface area contributed by atoms with Crippen molar-refractivity contribution in [3.8, 4) is 0 Å². The standard InChI is InChI=1S/C30H35F2N5O7/c1-29(2,3)44-28(42)36-30(4,5)27(41)34-22(16-43-15-18-9-7-6-8-10-18)25(38)35-23-14-37(17-33-23)24(26(39)40)20-12-11-19(31)13-21(20)32/h6-14,17,22,24H,15-16H2,1-5H3,(H,34,41)(H,35,38)(H,36,42)(H,39,40)/t22-,24?/m1/s1. The Bertz CT molecular complexity index is 1490. The number of ether oxygens (including phenoxy) is 2.